The van der Waals surface area contributed by atoms with Crippen LogP contribution in [0.2, 0.25) is 0 Å². The molecule has 0 radical (unpaired) electrons. The van der Waals surface area contributed by atoms with Gasteiger partial charge >= 0.3 is 0 Å². The molecule has 1 aliphatic heterocycles. The van der Waals surface area contributed by atoms with Crippen LogP contribution >= 0.6 is 0 Å². The molecule has 1 aliphatic carbocycles. The topological polar surface area (TPSA) is 49.6 Å². The monoisotopic (exact) mass is 315 g/mol. The minimum absolute atomic E-state index is 0.196. The molecule has 1 aromatic rings. The van der Waals surface area contributed by atoms with E-state index in [9.17, 15) is 4.79 Å². The van der Waals surface area contributed by atoms with Crippen LogP contribution < -0.4 is 5.73 Å². The van der Waals surface area contributed by atoms with Crippen LogP contribution in [0.5, 0.6) is 0 Å². The summed E-state index contributed by atoms with van der Waals surface area (Å²) in [5.41, 5.74) is 7.26. The van der Waals surface area contributed by atoms with Crippen molar-refractivity contribution in [1.29, 1.82) is 0 Å². The number of carbonyl (C=O) groups excluding carboxylic acids is 1. The van der Waals surface area contributed by atoms with Gasteiger partial charge in [-0.15, -0.1) is 0 Å². The first-order chi connectivity index (χ1) is 11.2. The van der Waals surface area contributed by atoms with Gasteiger partial charge in [0.1, 0.15) is 0 Å². The van der Waals surface area contributed by atoms with E-state index in [1.165, 1.54) is 25.7 Å². The third-order valence-corrected chi connectivity index (χ3v) is 5.35. The number of nitrogens with zero attached hydrogens (tertiary/aromatic N) is 2. The van der Waals surface area contributed by atoms with Gasteiger partial charge in [-0.05, 0) is 24.8 Å². The third-order valence-electron chi connectivity index (χ3n) is 5.35. The van der Waals surface area contributed by atoms with Crippen molar-refractivity contribution >= 4 is 5.91 Å². The molecule has 126 valence electrons. The standard InChI is InChI=1S/C19H29N3O/c20-18(16-7-2-1-3-8-16)15-19(23)22-12-6-11-21(13-14-22)17-9-4-5-10-17/h1-3,7-8,17-18H,4-6,9-15,20H2. The van der Waals surface area contributed by atoms with E-state index in [4.69, 9.17) is 5.73 Å². The highest BCUT2D eigenvalue weighted by Gasteiger charge is 2.26. The zero-order chi connectivity index (χ0) is 16.1. The maximum absolute atomic E-state index is 12.6. The van der Waals surface area contributed by atoms with Gasteiger partial charge in [-0.3, -0.25) is 9.69 Å². The van der Waals surface area contributed by atoms with Gasteiger partial charge in [0.25, 0.3) is 0 Å². The Morgan fingerprint density at radius 1 is 1.04 bits per heavy atom. The van der Waals surface area contributed by atoms with Crippen molar-refractivity contribution < 1.29 is 4.79 Å². The Morgan fingerprint density at radius 2 is 1.78 bits per heavy atom. The van der Waals surface area contributed by atoms with E-state index < -0.39 is 0 Å². The van der Waals surface area contributed by atoms with Crippen LogP contribution in [0.25, 0.3) is 0 Å². The van der Waals surface area contributed by atoms with Crippen LogP contribution in [0.4, 0.5) is 0 Å². The van der Waals surface area contributed by atoms with E-state index in [-0.39, 0.29) is 11.9 Å². The van der Waals surface area contributed by atoms with Crippen molar-refractivity contribution in [2.24, 2.45) is 5.73 Å². The second kappa shape index (κ2) is 7.93. The van der Waals surface area contributed by atoms with Gasteiger partial charge in [-0.2, -0.15) is 0 Å². The second-order valence-electron chi connectivity index (χ2n) is 6.93. The van der Waals surface area contributed by atoms with Crippen LogP contribution in [-0.4, -0.2) is 47.9 Å². The number of hydrogen-bond donors (Lipinski definition) is 1. The summed E-state index contributed by atoms with van der Waals surface area (Å²) in [6.45, 7) is 3.90. The normalized spacial score (nSPS) is 22.0. The van der Waals surface area contributed by atoms with Gasteiger partial charge in [0.15, 0.2) is 0 Å². The molecule has 2 fully saturated rings. The Labute approximate surface area is 139 Å². The van der Waals surface area contributed by atoms with Crippen molar-refractivity contribution in [2.45, 2.75) is 50.6 Å². The molecule has 0 spiro atoms. The van der Waals surface area contributed by atoms with Gasteiger partial charge in [0.2, 0.25) is 5.91 Å². The molecule has 1 saturated carbocycles. The highest BCUT2D eigenvalue weighted by molar-refractivity contribution is 5.77. The number of carbonyl (C=O) groups is 1. The second-order valence-corrected chi connectivity index (χ2v) is 6.93. The SMILES string of the molecule is NC(CC(=O)N1CCCN(C2CCCC2)CC1)c1ccccc1. The molecule has 1 unspecified atom stereocenters. The van der Waals surface area contributed by atoms with Crippen molar-refractivity contribution in [3.8, 4) is 0 Å². The Morgan fingerprint density at radius 3 is 2.52 bits per heavy atom. The van der Waals surface area contributed by atoms with E-state index in [0.717, 1.165) is 44.2 Å². The van der Waals surface area contributed by atoms with E-state index in [1.807, 2.05) is 35.2 Å². The van der Waals surface area contributed by atoms with Gasteiger partial charge in [0.05, 0.1) is 0 Å². The smallest absolute Gasteiger partial charge is 0.224 e. The number of amides is 1. The van der Waals surface area contributed by atoms with E-state index in [1.54, 1.807) is 0 Å². The summed E-state index contributed by atoms with van der Waals surface area (Å²) in [5.74, 6) is 0.203. The first-order valence-electron chi connectivity index (χ1n) is 9.06. The summed E-state index contributed by atoms with van der Waals surface area (Å²) in [5, 5.41) is 0. The molecule has 1 aromatic carbocycles. The van der Waals surface area contributed by atoms with Crippen molar-refractivity contribution in [3.63, 3.8) is 0 Å². The first kappa shape index (κ1) is 16.5. The fourth-order valence-electron chi connectivity index (χ4n) is 3.96. The zero-order valence-corrected chi connectivity index (χ0v) is 14.0. The van der Waals surface area contributed by atoms with Crippen molar-refractivity contribution in [2.75, 3.05) is 26.2 Å². The molecule has 1 saturated heterocycles. The summed E-state index contributed by atoms with van der Waals surface area (Å²) in [6.07, 6.45) is 6.92. The maximum atomic E-state index is 12.6. The lowest BCUT2D eigenvalue weighted by molar-refractivity contribution is -0.131. The fraction of sp³-hybridized carbons (Fsp3) is 0.632. The van der Waals surface area contributed by atoms with Gasteiger partial charge in [-0.1, -0.05) is 43.2 Å². The predicted octanol–water partition coefficient (Wildman–Crippen LogP) is 2.55. The number of rotatable bonds is 4. The Balaban J connectivity index is 1.51. The zero-order valence-electron chi connectivity index (χ0n) is 14.0. The van der Waals surface area contributed by atoms with E-state index >= 15 is 0 Å². The van der Waals surface area contributed by atoms with E-state index in [2.05, 4.69) is 4.90 Å². The highest BCUT2D eigenvalue weighted by Crippen LogP contribution is 2.24. The minimum atomic E-state index is -0.196. The molecule has 2 aliphatic rings. The first-order valence-corrected chi connectivity index (χ1v) is 9.06. The highest BCUT2D eigenvalue weighted by atomic mass is 16.2. The summed E-state index contributed by atoms with van der Waals surface area (Å²) in [6, 6.07) is 10.5. The van der Waals surface area contributed by atoms with Crippen molar-refractivity contribution in [1.82, 2.24) is 9.80 Å². The molecule has 1 atom stereocenters. The maximum Gasteiger partial charge on any atom is 0.224 e. The molecular weight excluding hydrogens is 286 g/mol. The Hall–Kier alpha value is -1.39. The molecule has 0 aromatic heterocycles. The average Bonchev–Trinajstić information content (AvgIpc) is 3.00. The minimum Gasteiger partial charge on any atom is -0.341 e. The van der Waals surface area contributed by atoms with Crippen LogP contribution in [-0.2, 0) is 4.79 Å². The third kappa shape index (κ3) is 4.33. The molecule has 4 nitrogen and oxygen atoms in total. The van der Waals surface area contributed by atoms with Crippen molar-refractivity contribution in [3.05, 3.63) is 35.9 Å². The molecule has 4 heteroatoms. The lowest BCUT2D eigenvalue weighted by Gasteiger charge is -2.27. The van der Waals surface area contributed by atoms with E-state index in [0.29, 0.717) is 6.42 Å². The summed E-state index contributed by atoms with van der Waals surface area (Å²) < 4.78 is 0. The molecule has 3 rings (SSSR count). The van der Waals surface area contributed by atoms with Gasteiger partial charge in [-0.25, -0.2) is 0 Å². The molecule has 23 heavy (non-hydrogen) atoms. The summed E-state index contributed by atoms with van der Waals surface area (Å²) in [7, 11) is 0. The van der Waals surface area contributed by atoms with Gasteiger partial charge in [0, 0.05) is 44.7 Å². The lowest BCUT2D eigenvalue weighted by atomic mass is 10.0. The molecular formula is C19H29N3O. The largest absolute Gasteiger partial charge is 0.341 e. The number of hydrogen-bond acceptors (Lipinski definition) is 3. The Bertz CT molecular complexity index is 499. The molecule has 1 heterocycles. The molecule has 1 amide bonds. The molecule has 2 N–H and O–H groups in total. The molecule has 0 bridgehead atoms. The van der Waals surface area contributed by atoms with Crippen LogP contribution in [0.15, 0.2) is 30.3 Å². The fourth-order valence-corrected chi connectivity index (χ4v) is 3.96. The number of nitrogens with two attached hydrogens (primary N) is 1. The quantitative estimate of drug-likeness (QED) is 0.929. The lowest BCUT2D eigenvalue weighted by Crippen LogP contribution is -2.39. The van der Waals surface area contributed by atoms with Gasteiger partial charge < -0.3 is 10.6 Å². The number of benzene rings is 1. The average molecular weight is 315 g/mol. The summed E-state index contributed by atoms with van der Waals surface area (Å²) >= 11 is 0. The van der Waals surface area contributed by atoms with Crippen LogP contribution in [0.1, 0.15) is 50.1 Å². The van der Waals surface area contributed by atoms with Crippen LogP contribution in [0.3, 0.4) is 0 Å². The summed E-state index contributed by atoms with van der Waals surface area (Å²) in [4.78, 5) is 17.2. The predicted molar refractivity (Wildman–Crippen MR) is 93.0 cm³/mol. The Kier molecular flexibility index (Phi) is 5.68. The van der Waals surface area contributed by atoms with Crippen LogP contribution in [0, 0.1) is 0 Å².